The van der Waals surface area contributed by atoms with E-state index in [-0.39, 0.29) is 0 Å². The van der Waals surface area contributed by atoms with E-state index in [1.165, 1.54) is 25.9 Å². The minimum Gasteiger partial charge on any atom is -0.488 e. The zero-order valence-corrected chi connectivity index (χ0v) is 10.2. The van der Waals surface area contributed by atoms with Gasteiger partial charge in [-0.15, -0.1) is 0 Å². The van der Waals surface area contributed by atoms with Crippen LogP contribution in [0.3, 0.4) is 0 Å². The number of fused-ring (bicyclic) bond motifs is 3. The SMILES string of the molecule is S=C1CC=CC=C1O[C@H]1CN2CCC1CC2. The molecular formula is C13H17NOS. The van der Waals surface area contributed by atoms with E-state index in [4.69, 9.17) is 17.0 Å². The zero-order valence-electron chi connectivity index (χ0n) is 9.39. The molecule has 4 rings (SSSR count). The van der Waals surface area contributed by atoms with Crippen LogP contribution in [0.1, 0.15) is 19.3 Å². The minimum atomic E-state index is 0.373. The molecule has 1 aliphatic carbocycles. The first-order valence-corrected chi connectivity index (χ1v) is 6.53. The molecule has 4 aliphatic rings. The lowest BCUT2D eigenvalue weighted by molar-refractivity contribution is -0.0363. The van der Waals surface area contributed by atoms with E-state index in [9.17, 15) is 0 Å². The average Bonchev–Trinajstić information content (AvgIpc) is 2.34. The van der Waals surface area contributed by atoms with Crippen molar-refractivity contribution in [3.05, 3.63) is 24.0 Å². The molecule has 0 unspecified atom stereocenters. The van der Waals surface area contributed by atoms with Gasteiger partial charge in [-0.1, -0.05) is 24.4 Å². The van der Waals surface area contributed by atoms with Crippen LogP contribution < -0.4 is 0 Å². The van der Waals surface area contributed by atoms with Gasteiger partial charge in [-0.3, -0.25) is 4.90 Å². The molecule has 0 saturated carbocycles. The molecule has 0 aromatic rings. The van der Waals surface area contributed by atoms with E-state index in [0.29, 0.717) is 6.10 Å². The van der Waals surface area contributed by atoms with Crippen LogP contribution in [0, 0.1) is 5.92 Å². The highest BCUT2D eigenvalue weighted by Crippen LogP contribution is 2.31. The predicted molar refractivity (Wildman–Crippen MR) is 68.5 cm³/mol. The Bertz CT molecular complexity index is 353. The summed E-state index contributed by atoms with van der Waals surface area (Å²) in [5.41, 5.74) is 0. The molecule has 0 amide bonds. The standard InChI is InChI=1S/C13H17NOS/c16-13-4-2-1-3-11(13)15-12-9-14-7-5-10(12)6-8-14/h1-3,10,12H,4-9H2/t12-/m0/s1. The topological polar surface area (TPSA) is 12.5 Å². The van der Waals surface area contributed by atoms with E-state index in [0.717, 1.165) is 29.5 Å². The number of piperidine rings is 3. The second-order valence-electron chi connectivity index (χ2n) is 4.88. The van der Waals surface area contributed by atoms with Crippen LogP contribution in [-0.2, 0) is 4.74 Å². The first-order valence-electron chi connectivity index (χ1n) is 6.12. The summed E-state index contributed by atoms with van der Waals surface area (Å²) in [4.78, 5) is 3.46. The lowest BCUT2D eigenvalue weighted by Gasteiger charge is -2.44. The van der Waals surface area contributed by atoms with Crippen molar-refractivity contribution in [3.8, 4) is 0 Å². The van der Waals surface area contributed by atoms with Gasteiger partial charge in [0.05, 0.1) is 4.86 Å². The van der Waals surface area contributed by atoms with Gasteiger partial charge in [0.25, 0.3) is 0 Å². The maximum atomic E-state index is 6.11. The molecular weight excluding hydrogens is 218 g/mol. The van der Waals surface area contributed by atoms with Crippen molar-refractivity contribution >= 4 is 17.1 Å². The molecule has 3 aliphatic heterocycles. The fourth-order valence-corrected chi connectivity index (χ4v) is 3.05. The van der Waals surface area contributed by atoms with E-state index < -0.39 is 0 Å². The van der Waals surface area contributed by atoms with E-state index >= 15 is 0 Å². The third-order valence-corrected chi connectivity index (χ3v) is 4.20. The summed E-state index contributed by atoms with van der Waals surface area (Å²) in [5.74, 6) is 1.69. The number of ether oxygens (including phenoxy) is 1. The predicted octanol–water partition coefficient (Wildman–Crippen LogP) is 2.31. The molecule has 2 nitrogen and oxygen atoms in total. The Morgan fingerprint density at radius 3 is 2.75 bits per heavy atom. The third-order valence-electron chi connectivity index (χ3n) is 3.84. The minimum absolute atomic E-state index is 0.373. The van der Waals surface area contributed by atoms with Crippen molar-refractivity contribution in [2.75, 3.05) is 19.6 Å². The summed E-state index contributed by atoms with van der Waals surface area (Å²) < 4.78 is 6.11. The molecule has 0 N–H and O–H groups in total. The maximum absolute atomic E-state index is 6.11. The summed E-state index contributed by atoms with van der Waals surface area (Å²) >= 11 is 5.32. The highest BCUT2D eigenvalue weighted by Gasteiger charge is 2.36. The van der Waals surface area contributed by atoms with Gasteiger partial charge in [0, 0.05) is 13.0 Å². The number of thiocarbonyl (C=S) groups is 1. The van der Waals surface area contributed by atoms with Crippen molar-refractivity contribution in [2.24, 2.45) is 5.92 Å². The fraction of sp³-hybridized carbons (Fsp3) is 0.615. The van der Waals surface area contributed by atoms with Crippen LogP contribution in [0.4, 0.5) is 0 Å². The molecule has 3 heterocycles. The Morgan fingerprint density at radius 2 is 2.12 bits per heavy atom. The fourth-order valence-electron chi connectivity index (χ4n) is 2.84. The van der Waals surface area contributed by atoms with E-state index in [1.807, 2.05) is 12.2 Å². The Balaban J connectivity index is 1.68. The summed E-state index contributed by atoms with van der Waals surface area (Å²) in [6, 6.07) is 0. The highest BCUT2D eigenvalue weighted by molar-refractivity contribution is 7.80. The smallest absolute Gasteiger partial charge is 0.134 e. The summed E-state index contributed by atoms with van der Waals surface area (Å²) in [6.07, 6.45) is 9.98. The number of hydrogen-bond donors (Lipinski definition) is 0. The molecule has 16 heavy (non-hydrogen) atoms. The Labute approximate surface area is 102 Å². The van der Waals surface area contributed by atoms with Crippen LogP contribution in [-0.4, -0.2) is 35.5 Å². The number of rotatable bonds is 2. The monoisotopic (exact) mass is 235 g/mol. The van der Waals surface area contributed by atoms with Gasteiger partial charge < -0.3 is 4.74 Å². The quantitative estimate of drug-likeness (QED) is 0.682. The largest absolute Gasteiger partial charge is 0.488 e. The van der Waals surface area contributed by atoms with E-state index in [2.05, 4.69) is 11.0 Å². The second-order valence-corrected chi connectivity index (χ2v) is 5.37. The van der Waals surface area contributed by atoms with Crippen molar-refractivity contribution in [1.29, 1.82) is 0 Å². The molecule has 3 saturated heterocycles. The molecule has 86 valence electrons. The van der Waals surface area contributed by atoms with Crippen molar-refractivity contribution < 1.29 is 4.74 Å². The van der Waals surface area contributed by atoms with E-state index in [1.54, 1.807) is 0 Å². The normalized spacial score (nSPS) is 37.4. The van der Waals surface area contributed by atoms with Crippen LogP contribution >= 0.6 is 12.2 Å². The molecule has 2 bridgehead atoms. The van der Waals surface area contributed by atoms with Gasteiger partial charge in [0.2, 0.25) is 0 Å². The lowest BCUT2D eigenvalue weighted by atomic mass is 9.86. The van der Waals surface area contributed by atoms with Crippen LogP contribution in [0.2, 0.25) is 0 Å². The highest BCUT2D eigenvalue weighted by atomic mass is 32.1. The van der Waals surface area contributed by atoms with Crippen molar-refractivity contribution in [2.45, 2.75) is 25.4 Å². The number of nitrogens with zero attached hydrogens (tertiary/aromatic N) is 1. The number of hydrogen-bond acceptors (Lipinski definition) is 3. The Kier molecular flexibility index (Phi) is 2.82. The van der Waals surface area contributed by atoms with Crippen LogP contribution in [0.25, 0.3) is 0 Å². The summed E-state index contributed by atoms with van der Waals surface area (Å²) in [5, 5.41) is 0. The van der Waals surface area contributed by atoms with Gasteiger partial charge >= 0.3 is 0 Å². The average molecular weight is 235 g/mol. The molecule has 1 atom stereocenters. The molecule has 3 fully saturated rings. The van der Waals surface area contributed by atoms with Crippen LogP contribution in [0.5, 0.6) is 0 Å². The molecule has 0 aromatic heterocycles. The first kappa shape index (κ1) is 10.5. The molecule has 0 radical (unpaired) electrons. The molecule has 3 heteroatoms. The van der Waals surface area contributed by atoms with Gasteiger partial charge in [0.15, 0.2) is 0 Å². The summed E-state index contributed by atoms with van der Waals surface area (Å²) in [7, 11) is 0. The zero-order chi connectivity index (χ0) is 11.0. The maximum Gasteiger partial charge on any atom is 0.134 e. The van der Waals surface area contributed by atoms with Crippen LogP contribution in [0.15, 0.2) is 24.0 Å². The Morgan fingerprint density at radius 1 is 1.31 bits per heavy atom. The van der Waals surface area contributed by atoms with Crippen molar-refractivity contribution in [1.82, 2.24) is 4.90 Å². The van der Waals surface area contributed by atoms with Crippen molar-refractivity contribution in [3.63, 3.8) is 0 Å². The first-order chi connectivity index (χ1) is 7.83. The molecule has 0 aromatic carbocycles. The third kappa shape index (κ3) is 1.94. The Hall–Kier alpha value is -0.670. The van der Waals surface area contributed by atoms with Gasteiger partial charge in [-0.25, -0.2) is 0 Å². The lowest BCUT2D eigenvalue weighted by Crippen LogP contribution is -2.51. The number of allylic oxidation sites excluding steroid dienone is 4. The van der Waals surface area contributed by atoms with Gasteiger partial charge in [-0.05, 0) is 37.9 Å². The van der Waals surface area contributed by atoms with Gasteiger partial charge in [0.1, 0.15) is 11.9 Å². The second kappa shape index (κ2) is 4.30. The van der Waals surface area contributed by atoms with Gasteiger partial charge in [-0.2, -0.15) is 0 Å². The summed E-state index contributed by atoms with van der Waals surface area (Å²) in [6.45, 7) is 3.61. The molecule has 0 spiro atoms.